The molecule has 1 aliphatic carbocycles. The smallest absolute Gasteiger partial charge is 0.314 e. The molecule has 1 aliphatic heterocycles. The number of epoxide rings is 1. The Bertz CT molecular complexity index is 512. The van der Waals surface area contributed by atoms with Crippen LogP contribution in [0.15, 0.2) is 24.3 Å². The van der Waals surface area contributed by atoms with Crippen molar-refractivity contribution in [1.29, 1.82) is 0 Å². The van der Waals surface area contributed by atoms with Crippen LogP contribution in [-0.4, -0.2) is 43.6 Å². The molecular formula is C17H22O5. The van der Waals surface area contributed by atoms with Crippen molar-refractivity contribution in [2.45, 2.75) is 43.3 Å². The molecule has 1 saturated carbocycles. The number of rotatable bonds is 6. The van der Waals surface area contributed by atoms with E-state index in [-0.39, 0.29) is 12.2 Å². The highest BCUT2D eigenvalue weighted by atomic mass is 16.6. The first kappa shape index (κ1) is 15.3. The molecule has 5 nitrogen and oxygen atoms in total. The molecule has 1 aromatic rings. The molecule has 5 heteroatoms. The lowest BCUT2D eigenvalue weighted by molar-refractivity contribution is -0.146. The lowest BCUT2D eigenvalue weighted by Crippen LogP contribution is -2.41. The van der Waals surface area contributed by atoms with E-state index in [1.807, 2.05) is 24.3 Å². The Labute approximate surface area is 130 Å². The lowest BCUT2D eigenvalue weighted by Gasteiger charge is -2.36. The summed E-state index contributed by atoms with van der Waals surface area (Å²) in [6.07, 6.45) is 3.16. The van der Waals surface area contributed by atoms with Gasteiger partial charge in [-0.05, 0) is 43.4 Å². The van der Waals surface area contributed by atoms with Crippen LogP contribution in [0.4, 0.5) is 0 Å². The van der Waals surface area contributed by atoms with E-state index in [2.05, 4.69) is 0 Å². The molecule has 1 unspecified atom stereocenters. The third-order valence-corrected chi connectivity index (χ3v) is 4.77. The van der Waals surface area contributed by atoms with E-state index >= 15 is 0 Å². The van der Waals surface area contributed by atoms with Crippen molar-refractivity contribution in [3.05, 3.63) is 29.8 Å². The van der Waals surface area contributed by atoms with E-state index in [1.54, 1.807) is 7.11 Å². The Balaban J connectivity index is 1.72. The maximum absolute atomic E-state index is 11.9. The molecule has 3 rings (SSSR count). The Morgan fingerprint density at radius 3 is 2.45 bits per heavy atom. The maximum atomic E-state index is 11.9. The highest BCUT2D eigenvalue weighted by Crippen LogP contribution is 2.41. The summed E-state index contributed by atoms with van der Waals surface area (Å²) >= 11 is 0. The van der Waals surface area contributed by atoms with E-state index in [4.69, 9.17) is 14.2 Å². The number of carboxylic acid groups (broad SMARTS) is 1. The number of hydrogen-bond donors (Lipinski definition) is 1. The quantitative estimate of drug-likeness (QED) is 0.817. The summed E-state index contributed by atoms with van der Waals surface area (Å²) in [4.78, 5) is 11.9. The summed E-state index contributed by atoms with van der Waals surface area (Å²) in [5, 5.41) is 9.77. The number of ether oxygens (including phenoxy) is 3. The highest BCUT2D eigenvalue weighted by Gasteiger charge is 2.43. The van der Waals surface area contributed by atoms with Gasteiger partial charge in [-0.2, -0.15) is 0 Å². The molecule has 2 aliphatic rings. The first-order valence-electron chi connectivity index (χ1n) is 7.75. The van der Waals surface area contributed by atoms with Gasteiger partial charge in [0.25, 0.3) is 0 Å². The van der Waals surface area contributed by atoms with Crippen LogP contribution in [0.1, 0.15) is 31.2 Å². The Hall–Kier alpha value is -1.59. The second-order valence-electron chi connectivity index (χ2n) is 6.11. The summed E-state index contributed by atoms with van der Waals surface area (Å²) in [7, 11) is 1.69. The average Bonchev–Trinajstić information content (AvgIpc) is 3.37. The minimum absolute atomic E-state index is 0.175. The molecule has 0 amide bonds. The number of carbonyl (C=O) groups is 1. The summed E-state index contributed by atoms with van der Waals surface area (Å²) in [5.41, 5.74) is 0.0530. The van der Waals surface area contributed by atoms with Crippen molar-refractivity contribution in [2.24, 2.45) is 0 Å². The van der Waals surface area contributed by atoms with Gasteiger partial charge in [-0.3, -0.25) is 4.79 Å². The zero-order chi connectivity index (χ0) is 15.6. The van der Waals surface area contributed by atoms with Crippen LogP contribution in [0.25, 0.3) is 0 Å². The van der Waals surface area contributed by atoms with Crippen LogP contribution in [0.2, 0.25) is 0 Å². The number of aliphatic carboxylic acids is 1. The van der Waals surface area contributed by atoms with Crippen LogP contribution in [0, 0.1) is 0 Å². The molecule has 2 fully saturated rings. The SMILES string of the molecule is COC1CCC(C(=O)O)(c2ccc(OCC3CO3)cc2)CC1. The Morgan fingerprint density at radius 2 is 1.95 bits per heavy atom. The fourth-order valence-corrected chi connectivity index (χ4v) is 3.17. The molecule has 22 heavy (non-hydrogen) atoms. The van der Waals surface area contributed by atoms with Crippen LogP contribution in [0.5, 0.6) is 5.75 Å². The van der Waals surface area contributed by atoms with Gasteiger partial charge in [-0.25, -0.2) is 0 Å². The average molecular weight is 306 g/mol. The molecule has 120 valence electrons. The van der Waals surface area contributed by atoms with Gasteiger partial charge in [0.1, 0.15) is 18.5 Å². The first-order valence-corrected chi connectivity index (χ1v) is 7.75. The molecule has 0 bridgehead atoms. The molecule has 1 heterocycles. The van der Waals surface area contributed by atoms with E-state index in [9.17, 15) is 9.90 Å². The van der Waals surface area contributed by atoms with Crippen molar-refractivity contribution in [3.8, 4) is 5.75 Å². The van der Waals surface area contributed by atoms with E-state index < -0.39 is 11.4 Å². The summed E-state index contributed by atoms with van der Waals surface area (Å²) in [6.45, 7) is 1.32. The van der Waals surface area contributed by atoms with E-state index in [0.29, 0.717) is 19.4 Å². The van der Waals surface area contributed by atoms with Gasteiger partial charge in [0.05, 0.1) is 18.1 Å². The second-order valence-corrected chi connectivity index (χ2v) is 6.11. The molecule has 1 N–H and O–H groups in total. The predicted octanol–water partition coefficient (Wildman–Crippen LogP) is 2.38. The van der Waals surface area contributed by atoms with Crippen LogP contribution < -0.4 is 4.74 Å². The van der Waals surface area contributed by atoms with E-state index in [0.717, 1.165) is 30.8 Å². The van der Waals surface area contributed by atoms with Crippen molar-refractivity contribution >= 4 is 5.97 Å². The van der Waals surface area contributed by atoms with Crippen molar-refractivity contribution in [2.75, 3.05) is 20.3 Å². The normalized spacial score (nSPS) is 30.8. The Morgan fingerprint density at radius 1 is 1.32 bits per heavy atom. The second kappa shape index (κ2) is 6.26. The third-order valence-electron chi connectivity index (χ3n) is 4.77. The van der Waals surface area contributed by atoms with Crippen LogP contribution >= 0.6 is 0 Å². The molecule has 0 radical (unpaired) electrons. The summed E-state index contributed by atoms with van der Waals surface area (Å²) in [5.74, 6) is 0.00691. The minimum atomic E-state index is -0.798. The molecule has 1 atom stereocenters. The van der Waals surface area contributed by atoms with Crippen molar-refractivity contribution < 1.29 is 24.1 Å². The predicted molar refractivity (Wildman–Crippen MR) is 80.3 cm³/mol. The van der Waals surface area contributed by atoms with Gasteiger partial charge >= 0.3 is 5.97 Å². The fourth-order valence-electron chi connectivity index (χ4n) is 3.17. The number of methoxy groups -OCH3 is 1. The first-order chi connectivity index (χ1) is 10.6. The molecule has 1 saturated heterocycles. The summed E-state index contributed by atoms with van der Waals surface area (Å²) in [6, 6.07) is 7.46. The number of carboxylic acids is 1. The number of hydrogen-bond acceptors (Lipinski definition) is 4. The van der Waals surface area contributed by atoms with Crippen molar-refractivity contribution in [1.82, 2.24) is 0 Å². The maximum Gasteiger partial charge on any atom is 0.314 e. The topological polar surface area (TPSA) is 68.3 Å². The fraction of sp³-hybridized carbons (Fsp3) is 0.588. The zero-order valence-electron chi connectivity index (χ0n) is 12.8. The largest absolute Gasteiger partial charge is 0.491 e. The standard InChI is InChI=1S/C17H22O5/c1-20-13-6-8-17(9-7-13,16(18)19)12-2-4-14(5-3-12)21-10-15-11-22-15/h2-5,13,15H,6-11H2,1H3,(H,18,19). The van der Waals surface area contributed by atoms with Crippen LogP contribution in [-0.2, 0) is 19.7 Å². The third kappa shape index (κ3) is 3.10. The van der Waals surface area contributed by atoms with Crippen LogP contribution in [0.3, 0.4) is 0 Å². The monoisotopic (exact) mass is 306 g/mol. The molecular weight excluding hydrogens is 284 g/mol. The molecule has 0 aromatic heterocycles. The number of benzene rings is 1. The van der Waals surface area contributed by atoms with Gasteiger partial charge in [0.2, 0.25) is 0 Å². The highest BCUT2D eigenvalue weighted by molar-refractivity contribution is 5.81. The minimum Gasteiger partial charge on any atom is -0.491 e. The molecule has 1 aromatic carbocycles. The Kier molecular flexibility index (Phi) is 4.36. The lowest BCUT2D eigenvalue weighted by atomic mass is 9.68. The van der Waals surface area contributed by atoms with Gasteiger partial charge < -0.3 is 19.3 Å². The van der Waals surface area contributed by atoms with Crippen molar-refractivity contribution in [3.63, 3.8) is 0 Å². The van der Waals surface area contributed by atoms with Gasteiger partial charge in [0, 0.05) is 7.11 Å². The zero-order valence-corrected chi connectivity index (χ0v) is 12.8. The molecule has 0 spiro atoms. The van der Waals surface area contributed by atoms with Gasteiger partial charge in [-0.1, -0.05) is 12.1 Å². The van der Waals surface area contributed by atoms with E-state index in [1.165, 1.54) is 0 Å². The van der Waals surface area contributed by atoms with Gasteiger partial charge in [0.15, 0.2) is 0 Å². The summed E-state index contributed by atoms with van der Waals surface area (Å²) < 4.78 is 16.1. The van der Waals surface area contributed by atoms with Gasteiger partial charge in [-0.15, -0.1) is 0 Å².